The molecule has 29 heavy (non-hydrogen) atoms. The minimum Gasteiger partial charge on any atom is -0.390 e. The molecule has 0 saturated heterocycles. The van der Waals surface area contributed by atoms with Gasteiger partial charge in [-0.3, -0.25) is 0 Å². The number of aromatic nitrogens is 2. The van der Waals surface area contributed by atoms with E-state index in [1.54, 1.807) is 26.5 Å². The quantitative estimate of drug-likeness (QED) is 0.294. The number of hydrogen-bond donors (Lipinski definition) is 1. The number of ether oxygens (including phenoxy) is 6. The molecule has 0 spiro atoms. The first kappa shape index (κ1) is 25.6. The molecular weight excluding hydrogens is 382 g/mol. The number of nitrogens with zero attached hydrogens (tertiary/aromatic N) is 3. The number of anilines is 1. The van der Waals surface area contributed by atoms with Gasteiger partial charge in [0, 0.05) is 33.5 Å². The van der Waals surface area contributed by atoms with E-state index in [2.05, 4.69) is 9.97 Å². The maximum atomic E-state index is 9.31. The molecule has 1 N–H and O–H groups in total. The van der Waals surface area contributed by atoms with Gasteiger partial charge in [-0.25, -0.2) is 9.97 Å². The fourth-order valence-electron chi connectivity index (χ4n) is 2.21. The molecule has 168 valence electrons. The van der Waals surface area contributed by atoms with Crippen molar-refractivity contribution in [3.63, 3.8) is 0 Å². The van der Waals surface area contributed by atoms with Gasteiger partial charge in [-0.15, -0.1) is 0 Å². The van der Waals surface area contributed by atoms with Crippen LogP contribution in [0.4, 0.5) is 5.95 Å². The Hall–Kier alpha value is -1.40. The van der Waals surface area contributed by atoms with Crippen LogP contribution in [0.5, 0.6) is 0 Å². The first-order valence-electron chi connectivity index (χ1n) is 9.78. The van der Waals surface area contributed by atoms with Gasteiger partial charge in [0.25, 0.3) is 0 Å². The molecule has 0 radical (unpaired) electrons. The monoisotopic (exact) mass is 417 g/mol. The third kappa shape index (κ3) is 13.4. The standard InChI is InChI=1S/C19H35N3O7/c1-24-9-11-28-15-13-26-7-5-22(19-20-4-3-18(17-23)21-19)6-8-27-14-16-29-12-10-25-2/h3-4,23H,5-17H2,1-2H3. The molecule has 1 heterocycles. The number of aliphatic hydroxyl groups excluding tert-OH is 1. The van der Waals surface area contributed by atoms with Gasteiger partial charge in [-0.1, -0.05) is 0 Å². The number of aliphatic hydroxyl groups is 1. The Labute approximate surface area is 173 Å². The summed E-state index contributed by atoms with van der Waals surface area (Å²) in [5.74, 6) is 0.538. The summed E-state index contributed by atoms with van der Waals surface area (Å²) in [5.41, 5.74) is 0.569. The van der Waals surface area contributed by atoms with E-state index in [0.717, 1.165) is 0 Å². The number of methoxy groups -OCH3 is 2. The SMILES string of the molecule is COCCOCCOCCN(CCOCCOCCOC)c1nccc(CO)n1. The molecule has 0 aliphatic heterocycles. The van der Waals surface area contributed by atoms with Gasteiger partial charge in [0.05, 0.1) is 78.4 Å². The lowest BCUT2D eigenvalue weighted by Crippen LogP contribution is -2.33. The predicted molar refractivity (Wildman–Crippen MR) is 107 cm³/mol. The van der Waals surface area contributed by atoms with Crippen LogP contribution >= 0.6 is 0 Å². The van der Waals surface area contributed by atoms with Crippen molar-refractivity contribution in [3.8, 4) is 0 Å². The molecule has 1 aromatic rings. The molecule has 0 bridgehead atoms. The van der Waals surface area contributed by atoms with Crippen LogP contribution in [0.3, 0.4) is 0 Å². The third-order valence-electron chi connectivity index (χ3n) is 3.76. The normalized spacial score (nSPS) is 11.1. The van der Waals surface area contributed by atoms with Gasteiger partial charge in [-0.2, -0.15) is 0 Å². The van der Waals surface area contributed by atoms with E-state index in [9.17, 15) is 5.11 Å². The van der Waals surface area contributed by atoms with Gasteiger partial charge in [0.1, 0.15) is 0 Å². The summed E-state index contributed by atoms with van der Waals surface area (Å²) in [5, 5.41) is 9.31. The molecular formula is C19H35N3O7. The molecule has 0 aliphatic carbocycles. The number of hydrogen-bond acceptors (Lipinski definition) is 10. The molecule has 0 fully saturated rings. The van der Waals surface area contributed by atoms with Crippen LogP contribution in [0.1, 0.15) is 5.69 Å². The van der Waals surface area contributed by atoms with E-state index in [-0.39, 0.29) is 6.61 Å². The first-order valence-corrected chi connectivity index (χ1v) is 9.78. The third-order valence-corrected chi connectivity index (χ3v) is 3.76. The lowest BCUT2D eigenvalue weighted by atomic mass is 10.4. The minimum absolute atomic E-state index is 0.131. The van der Waals surface area contributed by atoms with Crippen molar-refractivity contribution in [1.29, 1.82) is 0 Å². The zero-order chi connectivity index (χ0) is 21.0. The second-order valence-electron chi connectivity index (χ2n) is 5.93. The Kier molecular flexibility index (Phi) is 16.5. The predicted octanol–water partition coefficient (Wildman–Crippen LogP) is 0.135. The second kappa shape index (κ2) is 18.6. The van der Waals surface area contributed by atoms with Crippen molar-refractivity contribution >= 4 is 5.95 Å². The topological polar surface area (TPSA) is 105 Å². The summed E-state index contributed by atoms with van der Waals surface area (Å²) >= 11 is 0. The number of rotatable bonds is 20. The highest BCUT2D eigenvalue weighted by Gasteiger charge is 2.10. The van der Waals surface area contributed by atoms with Crippen LogP contribution in [-0.2, 0) is 35.0 Å². The maximum Gasteiger partial charge on any atom is 0.225 e. The van der Waals surface area contributed by atoms with Crippen molar-refractivity contribution in [1.82, 2.24) is 9.97 Å². The van der Waals surface area contributed by atoms with Gasteiger partial charge in [-0.05, 0) is 6.07 Å². The summed E-state index contributed by atoms with van der Waals surface area (Å²) in [7, 11) is 3.28. The van der Waals surface area contributed by atoms with Crippen LogP contribution in [0.25, 0.3) is 0 Å². The van der Waals surface area contributed by atoms with Crippen LogP contribution < -0.4 is 4.90 Å². The van der Waals surface area contributed by atoms with Gasteiger partial charge in [0.15, 0.2) is 0 Å². The van der Waals surface area contributed by atoms with Crippen molar-refractivity contribution in [2.24, 2.45) is 0 Å². The highest BCUT2D eigenvalue weighted by Crippen LogP contribution is 2.07. The molecule has 0 atom stereocenters. The largest absolute Gasteiger partial charge is 0.390 e. The maximum absolute atomic E-state index is 9.31. The summed E-state index contributed by atoms with van der Waals surface area (Å²) in [4.78, 5) is 10.6. The Bertz CT molecular complexity index is 477. The van der Waals surface area contributed by atoms with E-state index in [0.29, 0.717) is 90.8 Å². The Morgan fingerprint density at radius 1 is 0.759 bits per heavy atom. The van der Waals surface area contributed by atoms with Crippen LogP contribution in [-0.4, -0.2) is 108 Å². The lowest BCUT2D eigenvalue weighted by molar-refractivity contribution is 0.0235. The zero-order valence-corrected chi connectivity index (χ0v) is 17.6. The van der Waals surface area contributed by atoms with E-state index < -0.39 is 0 Å². The molecule has 1 rings (SSSR count). The molecule has 10 heteroatoms. The summed E-state index contributed by atoms with van der Waals surface area (Å²) in [6.45, 7) is 6.37. The second-order valence-corrected chi connectivity index (χ2v) is 5.93. The van der Waals surface area contributed by atoms with Crippen LogP contribution in [0, 0.1) is 0 Å². The van der Waals surface area contributed by atoms with Gasteiger partial charge >= 0.3 is 0 Å². The smallest absolute Gasteiger partial charge is 0.225 e. The van der Waals surface area contributed by atoms with Crippen molar-refractivity contribution in [2.45, 2.75) is 6.61 Å². The molecule has 0 aromatic carbocycles. The van der Waals surface area contributed by atoms with Crippen molar-refractivity contribution < 1.29 is 33.5 Å². The van der Waals surface area contributed by atoms with E-state index in [1.807, 2.05) is 4.90 Å². The van der Waals surface area contributed by atoms with Crippen LogP contribution in [0.2, 0.25) is 0 Å². The summed E-state index contributed by atoms with van der Waals surface area (Å²) in [6.07, 6.45) is 1.63. The molecule has 10 nitrogen and oxygen atoms in total. The van der Waals surface area contributed by atoms with Gasteiger partial charge in [0.2, 0.25) is 5.95 Å². The van der Waals surface area contributed by atoms with Crippen molar-refractivity contribution in [3.05, 3.63) is 18.0 Å². The lowest BCUT2D eigenvalue weighted by Gasteiger charge is -2.23. The Balaban J connectivity index is 2.32. The fourth-order valence-corrected chi connectivity index (χ4v) is 2.21. The molecule has 0 saturated carbocycles. The molecule has 0 unspecified atom stereocenters. The zero-order valence-electron chi connectivity index (χ0n) is 17.6. The summed E-state index contributed by atoms with van der Waals surface area (Å²) in [6, 6.07) is 1.68. The average Bonchev–Trinajstić information content (AvgIpc) is 2.76. The summed E-state index contributed by atoms with van der Waals surface area (Å²) < 4.78 is 31.8. The molecule has 0 amide bonds. The fraction of sp³-hybridized carbons (Fsp3) is 0.789. The highest BCUT2D eigenvalue weighted by atomic mass is 16.5. The Morgan fingerprint density at radius 2 is 1.24 bits per heavy atom. The highest BCUT2D eigenvalue weighted by molar-refractivity contribution is 5.30. The Morgan fingerprint density at radius 3 is 1.72 bits per heavy atom. The van der Waals surface area contributed by atoms with E-state index in [1.165, 1.54) is 0 Å². The minimum atomic E-state index is -0.131. The van der Waals surface area contributed by atoms with Crippen molar-refractivity contribution in [2.75, 3.05) is 98.3 Å². The first-order chi connectivity index (χ1) is 14.3. The average molecular weight is 418 g/mol. The van der Waals surface area contributed by atoms with E-state index >= 15 is 0 Å². The van der Waals surface area contributed by atoms with E-state index in [4.69, 9.17) is 28.4 Å². The van der Waals surface area contributed by atoms with Crippen LogP contribution in [0.15, 0.2) is 12.3 Å². The molecule has 0 aliphatic rings. The molecule has 1 aromatic heterocycles. The van der Waals surface area contributed by atoms with Gasteiger partial charge < -0.3 is 38.4 Å².